The van der Waals surface area contributed by atoms with Crippen LogP contribution in [0.5, 0.6) is 11.5 Å². The number of carboxylic acid groups (broad SMARTS) is 1. The molecule has 3 saturated heterocycles. The number of fused-ring (bicyclic) bond motifs is 2. The van der Waals surface area contributed by atoms with E-state index in [9.17, 15) is 28.2 Å². The van der Waals surface area contributed by atoms with Gasteiger partial charge in [-0.3, -0.25) is 4.79 Å². The number of anilines is 1. The van der Waals surface area contributed by atoms with Crippen molar-refractivity contribution in [2.45, 2.75) is 109 Å². The summed E-state index contributed by atoms with van der Waals surface area (Å²) in [5.41, 5.74) is 4.26. The third-order valence-corrected chi connectivity index (χ3v) is 16.9. The van der Waals surface area contributed by atoms with E-state index in [1.807, 2.05) is 63.2 Å². The average molecular weight is 945 g/mol. The molecular weight excluding hydrogens is 881 g/mol. The average Bonchev–Trinajstić information content (AvgIpc) is 4.06. The van der Waals surface area contributed by atoms with E-state index in [1.165, 1.54) is 28.4 Å². The van der Waals surface area contributed by atoms with Gasteiger partial charge in [-0.25, -0.2) is 13.2 Å². The van der Waals surface area contributed by atoms with Crippen LogP contribution in [0.3, 0.4) is 0 Å². The van der Waals surface area contributed by atoms with E-state index in [0.717, 1.165) is 59.5 Å². The molecule has 1 aromatic heterocycles. The molecule has 4 aromatic rings. The molecule has 2 N–H and O–H groups in total. The molecule has 356 valence electrons. The van der Waals surface area contributed by atoms with Crippen LogP contribution in [0, 0.1) is 23.2 Å². The molecule has 3 fully saturated rings. The van der Waals surface area contributed by atoms with Gasteiger partial charge in [0.15, 0.2) is 5.79 Å². The van der Waals surface area contributed by atoms with Crippen LogP contribution in [-0.2, 0) is 48.3 Å². The number of aromatic carboxylic acids is 1. The lowest BCUT2D eigenvalue weighted by molar-refractivity contribution is -0.181. The number of benzene rings is 3. The van der Waals surface area contributed by atoms with Gasteiger partial charge in [0, 0.05) is 48.1 Å². The first-order valence-corrected chi connectivity index (χ1v) is 25.5. The molecule has 6 atom stereocenters. The van der Waals surface area contributed by atoms with Crippen LogP contribution in [-0.4, -0.2) is 105 Å². The van der Waals surface area contributed by atoms with Gasteiger partial charge in [0.2, 0.25) is 10.0 Å². The summed E-state index contributed by atoms with van der Waals surface area (Å²) < 4.78 is 58.9. The quantitative estimate of drug-likeness (QED) is 0.0921. The van der Waals surface area contributed by atoms with Crippen molar-refractivity contribution in [2.75, 3.05) is 51.4 Å². The topological polar surface area (TPSA) is 161 Å². The van der Waals surface area contributed by atoms with Crippen LogP contribution in [0.25, 0.3) is 10.4 Å². The van der Waals surface area contributed by atoms with E-state index >= 15 is 0 Å². The molecule has 0 amide bonds. The lowest BCUT2D eigenvalue weighted by Crippen LogP contribution is -2.43. The lowest BCUT2D eigenvalue weighted by atomic mass is 9.76. The fraction of sp³-hybridized carbons (Fsp3) is 0.529. The number of thiophene rings is 1. The molecule has 8 rings (SSSR count). The highest BCUT2D eigenvalue weighted by atomic mass is 32.2. The fourth-order valence-electron chi connectivity index (χ4n) is 10.1. The number of sulfonamides is 1. The number of rotatable bonds is 18. The van der Waals surface area contributed by atoms with Crippen LogP contribution in [0.4, 0.5) is 5.69 Å². The van der Waals surface area contributed by atoms with Crippen molar-refractivity contribution in [2.24, 2.45) is 23.2 Å². The number of carbonyl (C=O) groups is 2. The molecule has 66 heavy (non-hydrogen) atoms. The Balaban J connectivity index is 0.965. The first-order chi connectivity index (χ1) is 31.4. The van der Waals surface area contributed by atoms with Crippen molar-refractivity contribution >= 4 is 39.0 Å². The van der Waals surface area contributed by atoms with Gasteiger partial charge < -0.3 is 38.8 Å². The van der Waals surface area contributed by atoms with Gasteiger partial charge in [0.05, 0.1) is 60.6 Å². The Morgan fingerprint density at radius 1 is 0.970 bits per heavy atom. The molecule has 0 bridgehead atoms. The number of esters is 1. The zero-order valence-electron chi connectivity index (χ0n) is 38.9. The zero-order chi connectivity index (χ0) is 47.0. The van der Waals surface area contributed by atoms with Gasteiger partial charge in [-0.15, -0.1) is 11.3 Å². The zero-order valence-corrected chi connectivity index (χ0v) is 40.5. The number of para-hydroxylation sites is 1. The summed E-state index contributed by atoms with van der Waals surface area (Å²) >= 11 is 1.62. The highest BCUT2D eigenvalue weighted by molar-refractivity contribution is 7.89. The Labute approximate surface area is 393 Å². The Morgan fingerprint density at radius 2 is 1.70 bits per heavy atom. The second kappa shape index (κ2) is 19.6. The Bertz CT molecular complexity index is 2470. The molecule has 4 heterocycles. The molecule has 3 aliphatic heterocycles. The lowest BCUT2D eigenvalue weighted by Gasteiger charge is -2.30. The monoisotopic (exact) mass is 944 g/mol. The van der Waals surface area contributed by atoms with Gasteiger partial charge in [-0.05, 0) is 104 Å². The molecule has 0 radical (unpaired) electrons. The maximum Gasteiger partial charge on any atom is 0.337 e. The Morgan fingerprint density at radius 3 is 2.41 bits per heavy atom. The van der Waals surface area contributed by atoms with E-state index in [4.69, 9.17) is 23.7 Å². The van der Waals surface area contributed by atoms with Gasteiger partial charge in [0.25, 0.3) is 0 Å². The Kier molecular flexibility index (Phi) is 14.2. The van der Waals surface area contributed by atoms with Crippen molar-refractivity contribution in [3.63, 3.8) is 0 Å². The second-order valence-electron chi connectivity index (χ2n) is 19.7. The van der Waals surface area contributed by atoms with Crippen LogP contribution in [0.15, 0.2) is 77.7 Å². The molecule has 0 spiro atoms. The molecule has 4 aliphatic rings. The summed E-state index contributed by atoms with van der Waals surface area (Å²) in [6.07, 6.45) is 2.48. The van der Waals surface area contributed by atoms with E-state index in [-0.39, 0.29) is 60.8 Å². The third-order valence-electron chi connectivity index (χ3n) is 13.7. The molecule has 3 aromatic carbocycles. The normalized spacial score (nSPS) is 23.4. The Hall–Kier alpha value is -4.51. The van der Waals surface area contributed by atoms with E-state index in [0.29, 0.717) is 36.6 Å². The number of ether oxygens (including phenoxy) is 5. The molecule has 13 nitrogen and oxygen atoms in total. The first-order valence-electron chi connectivity index (χ1n) is 23.2. The predicted molar refractivity (Wildman–Crippen MR) is 253 cm³/mol. The van der Waals surface area contributed by atoms with Crippen molar-refractivity contribution in [1.82, 2.24) is 4.31 Å². The van der Waals surface area contributed by atoms with Crippen LogP contribution in [0.1, 0.15) is 86.7 Å². The first kappa shape index (κ1) is 48.0. The summed E-state index contributed by atoms with van der Waals surface area (Å²) in [4.78, 5) is 30.9. The molecule has 15 heteroatoms. The predicted octanol–water partition coefficient (Wildman–Crippen LogP) is 8.25. The SMILES string of the molecule is COc1ccc(S(=O)(=O)N(CC(C)C)C[C@@H](O)[C@@H](CC(=O)O[C@H]2CO[C@@]3(C)OCC[C@@H]23)Cc2ccc(O[C@@H]3CCN(c4ccccc4-c4sc5c(c4C(=O)O)CC(C)(C)CC5)C3)cc2)cc1. The molecule has 1 aliphatic carbocycles. The maximum absolute atomic E-state index is 14.0. The highest BCUT2D eigenvalue weighted by Gasteiger charge is 2.53. The van der Waals surface area contributed by atoms with Crippen LogP contribution in [0.2, 0.25) is 0 Å². The summed E-state index contributed by atoms with van der Waals surface area (Å²) in [5.74, 6) is -1.80. The fourth-order valence-corrected chi connectivity index (χ4v) is 13.1. The van der Waals surface area contributed by atoms with E-state index in [2.05, 4.69) is 24.8 Å². The standard InChI is InChI=1S/C51H64N2O11S2/c1-32(2)28-53(66(58,59)38-17-15-35(60-6)16-18-38)30-43(54)34(26-46(55)64-44-31-62-51(5)41(44)21-24-61-51)25-33-11-13-36(14-12-33)63-37-20-23-52(29-37)42-10-8-7-9-39(42)48-47(49(56)57)40-27-50(3,4)22-19-45(40)65-48/h7-18,32,34,37,41,43-44,54H,19-31H2,1-6H3,(H,56,57)/t34-,37-,41+,43-,44+,51-/m1/s1. The smallest absolute Gasteiger partial charge is 0.337 e. The minimum atomic E-state index is -4.02. The van der Waals surface area contributed by atoms with Gasteiger partial charge in [-0.1, -0.05) is 58.0 Å². The van der Waals surface area contributed by atoms with Gasteiger partial charge in [0.1, 0.15) is 23.7 Å². The van der Waals surface area contributed by atoms with E-state index < -0.39 is 45.9 Å². The summed E-state index contributed by atoms with van der Waals surface area (Å²) in [6.45, 7) is 12.2. The van der Waals surface area contributed by atoms with Crippen molar-refractivity contribution in [1.29, 1.82) is 0 Å². The maximum atomic E-state index is 14.0. The third kappa shape index (κ3) is 10.5. The second-order valence-corrected chi connectivity index (χ2v) is 22.8. The number of nitrogens with zero attached hydrogens (tertiary/aromatic N) is 2. The number of aryl methyl sites for hydroxylation is 1. The van der Waals surface area contributed by atoms with Crippen molar-refractivity contribution in [3.8, 4) is 21.9 Å². The number of aliphatic hydroxyl groups excluding tert-OH is 1. The van der Waals surface area contributed by atoms with E-state index in [1.54, 1.807) is 23.5 Å². The number of carboxylic acids is 1. The molecule has 0 saturated carbocycles. The minimum absolute atomic E-state index is 0.0444. The minimum Gasteiger partial charge on any atom is -0.497 e. The van der Waals surface area contributed by atoms with Crippen LogP contribution >= 0.6 is 11.3 Å². The molecular formula is C51H64N2O11S2. The van der Waals surface area contributed by atoms with Gasteiger partial charge >= 0.3 is 11.9 Å². The summed E-state index contributed by atoms with van der Waals surface area (Å²) in [7, 11) is -2.51. The molecule has 0 unspecified atom stereocenters. The van der Waals surface area contributed by atoms with Crippen LogP contribution < -0.4 is 14.4 Å². The summed E-state index contributed by atoms with van der Waals surface area (Å²) in [6, 6.07) is 21.9. The number of aliphatic hydroxyl groups is 1. The van der Waals surface area contributed by atoms with Crippen molar-refractivity contribution < 1.29 is 51.9 Å². The largest absolute Gasteiger partial charge is 0.497 e. The number of methoxy groups -OCH3 is 1. The van der Waals surface area contributed by atoms with Gasteiger partial charge in [-0.2, -0.15) is 4.31 Å². The number of hydrogen-bond donors (Lipinski definition) is 2. The summed E-state index contributed by atoms with van der Waals surface area (Å²) in [5, 5.41) is 22.4. The number of carbonyl (C=O) groups excluding carboxylic acids is 1. The highest BCUT2D eigenvalue weighted by Crippen LogP contribution is 2.48. The number of hydrogen-bond acceptors (Lipinski definition) is 12. The van der Waals surface area contributed by atoms with Crippen molar-refractivity contribution in [3.05, 3.63) is 94.4 Å².